The Morgan fingerprint density at radius 1 is 1.28 bits per heavy atom. The Morgan fingerprint density at radius 2 is 2.06 bits per heavy atom. The molecule has 0 aliphatic heterocycles. The number of benzene rings is 1. The van der Waals surface area contributed by atoms with Crippen molar-refractivity contribution < 1.29 is 23.4 Å². The summed E-state index contributed by atoms with van der Waals surface area (Å²) in [5.41, 5.74) is 0.407. The molecule has 2 N–H and O–H groups in total. The lowest BCUT2D eigenvalue weighted by atomic mass is 10.3. The molecule has 0 saturated carbocycles. The second-order valence-corrected chi connectivity index (χ2v) is 3.73. The van der Waals surface area contributed by atoms with Crippen molar-refractivity contribution in [3.05, 3.63) is 29.8 Å². The highest BCUT2D eigenvalue weighted by molar-refractivity contribution is 5.43. The van der Waals surface area contributed by atoms with Crippen LogP contribution in [0.4, 0.5) is 14.5 Å². The Morgan fingerprint density at radius 3 is 2.72 bits per heavy atom. The van der Waals surface area contributed by atoms with Crippen molar-refractivity contribution in [2.24, 2.45) is 0 Å². The molecule has 6 heteroatoms. The lowest BCUT2D eigenvalue weighted by Gasteiger charge is -2.13. The number of ether oxygens (including phenoxy) is 2. The maximum absolute atomic E-state index is 12.9. The predicted molar refractivity (Wildman–Crippen MR) is 63.5 cm³/mol. The van der Waals surface area contributed by atoms with Gasteiger partial charge in [-0.1, -0.05) is 0 Å². The highest BCUT2D eigenvalue weighted by Crippen LogP contribution is 2.12. The number of hydrogen-bond donors (Lipinski definition) is 2. The van der Waals surface area contributed by atoms with Crippen LogP contribution in [-0.2, 0) is 9.47 Å². The number of hydrogen-bond acceptors (Lipinski definition) is 4. The van der Waals surface area contributed by atoms with Gasteiger partial charge in [-0.25, -0.2) is 8.78 Å². The van der Waals surface area contributed by atoms with Crippen LogP contribution in [0.15, 0.2) is 18.2 Å². The zero-order valence-electron chi connectivity index (χ0n) is 10.2. The van der Waals surface area contributed by atoms with E-state index in [4.69, 9.17) is 9.47 Å². The number of methoxy groups -OCH3 is 1. The van der Waals surface area contributed by atoms with Gasteiger partial charge in [0.15, 0.2) is 11.6 Å². The van der Waals surface area contributed by atoms with Gasteiger partial charge in [0.1, 0.15) is 0 Å². The molecular formula is C12H17F2NO3. The average Bonchev–Trinajstić information content (AvgIpc) is 2.36. The normalized spacial score (nSPS) is 12.4. The molecule has 1 aromatic rings. The van der Waals surface area contributed by atoms with Gasteiger partial charge in [0.25, 0.3) is 0 Å². The van der Waals surface area contributed by atoms with Gasteiger partial charge in [-0.2, -0.15) is 0 Å². The van der Waals surface area contributed by atoms with Crippen molar-refractivity contribution in [1.82, 2.24) is 0 Å². The first-order valence-electron chi connectivity index (χ1n) is 5.57. The molecule has 0 heterocycles. The molecule has 0 saturated heterocycles. The van der Waals surface area contributed by atoms with E-state index in [-0.39, 0.29) is 13.2 Å². The second kappa shape index (κ2) is 7.97. The van der Waals surface area contributed by atoms with Crippen LogP contribution in [-0.4, -0.2) is 44.7 Å². The summed E-state index contributed by atoms with van der Waals surface area (Å²) in [7, 11) is 1.56. The Bertz CT molecular complexity index is 363. The number of aliphatic hydroxyl groups excluding tert-OH is 1. The lowest BCUT2D eigenvalue weighted by Crippen LogP contribution is -2.25. The number of rotatable bonds is 8. The summed E-state index contributed by atoms with van der Waals surface area (Å²) in [5.74, 6) is -1.82. The molecule has 0 aliphatic rings. The maximum Gasteiger partial charge on any atom is 0.160 e. The lowest BCUT2D eigenvalue weighted by molar-refractivity contribution is 0.0182. The van der Waals surface area contributed by atoms with Gasteiger partial charge < -0.3 is 19.9 Å². The van der Waals surface area contributed by atoms with Gasteiger partial charge in [0.2, 0.25) is 0 Å². The van der Waals surface area contributed by atoms with E-state index in [0.29, 0.717) is 18.9 Å². The maximum atomic E-state index is 12.9. The van der Waals surface area contributed by atoms with Gasteiger partial charge in [-0.15, -0.1) is 0 Å². The molecule has 0 aromatic heterocycles. The van der Waals surface area contributed by atoms with Gasteiger partial charge in [0, 0.05) is 25.4 Å². The van der Waals surface area contributed by atoms with Gasteiger partial charge >= 0.3 is 0 Å². The molecule has 0 spiro atoms. The van der Waals surface area contributed by atoms with Crippen molar-refractivity contribution >= 4 is 5.69 Å². The van der Waals surface area contributed by atoms with Crippen LogP contribution in [0.2, 0.25) is 0 Å². The minimum absolute atomic E-state index is 0.153. The summed E-state index contributed by atoms with van der Waals surface area (Å²) < 4.78 is 35.4. The second-order valence-electron chi connectivity index (χ2n) is 3.73. The molecule has 1 aromatic carbocycles. The van der Waals surface area contributed by atoms with Crippen LogP contribution in [0.5, 0.6) is 0 Å². The quantitative estimate of drug-likeness (QED) is 0.695. The molecule has 1 atom stereocenters. The van der Waals surface area contributed by atoms with E-state index in [1.54, 1.807) is 7.11 Å². The van der Waals surface area contributed by atoms with Crippen molar-refractivity contribution in [2.75, 3.05) is 38.8 Å². The van der Waals surface area contributed by atoms with Gasteiger partial charge in [-0.05, 0) is 12.1 Å². The van der Waals surface area contributed by atoms with E-state index in [0.717, 1.165) is 12.1 Å². The molecule has 102 valence electrons. The summed E-state index contributed by atoms with van der Waals surface area (Å²) in [6.07, 6.45) is -0.727. The minimum atomic E-state index is -0.925. The third-order valence-electron chi connectivity index (χ3n) is 2.20. The zero-order valence-corrected chi connectivity index (χ0v) is 10.2. The average molecular weight is 261 g/mol. The topological polar surface area (TPSA) is 50.7 Å². The van der Waals surface area contributed by atoms with Gasteiger partial charge in [0.05, 0.1) is 25.9 Å². The first-order chi connectivity index (χ1) is 8.63. The third kappa shape index (κ3) is 5.39. The highest BCUT2D eigenvalue weighted by atomic mass is 19.2. The van der Waals surface area contributed by atoms with E-state index in [2.05, 4.69) is 5.32 Å². The smallest absolute Gasteiger partial charge is 0.160 e. The molecule has 4 nitrogen and oxygen atoms in total. The SMILES string of the molecule is COCCOCC(O)CNc1ccc(F)c(F)c1. The highest BCUT2D eigenvalue weighted by Gasteiger charge is 2.06. The van der Waals surface area contributed by atoms with Crippen LogP contribution in [0.3, 0.4) is 0 Å². The van der Waals surface area contributed by atoms with E-state index >= 15 is 0 Å². The standard InChI is InChI=1S/C12H17F2NO3/c1-17-4-5-18-8-10(16)7-15-9-2-3-11(13)12(14)6-9/h2-3,6,10,15-16H,4-5,7-8H2,1H3. The molecular weight excluding hydrogens is 244 g/mol. The van der Waals surface area contributed by atoms with E-state index in [9.17, 15) is 13.9 Å². The molecule has 0 amide bonds. The minimum Gasteiger partial charge on any atom is -0.389 e. The molecule has 0 bridgehead atoms. The largest absolute Gasteiger partial charge is 0.389 e. The zero-order chi connectivity index (χ0) is 13.4. The summed E-state index contributed by atoms with van der Waals surface area (Å²) >= 11 is 0. The summed E-state index contributed by atoms with van der Waals surface area (Å²) in [6, 6.07) is 3.46. The first-order valence-corrected chi connectivity index (χ1v) is 5.57. The van der Waals surface area contributed by atoms with Crippen molar-refractivity contribution in [1.29, 1.82) is 0 Å². The molecule has 0 fully saturated rings. The summed E-state index contributed by atoms with van der Waals surface area (Å²) in [5, 5.41) is 12.3. The fraction of sp³-hybridized carbons (Fsp3) is 0.500. The van der Waals surface area contributed by atoms with Gasteiger partial charge in [-0.3, -0.25) is 0 Å². The van der Waals surface area contributed by atoms with E-state index in [1.807, 2.05) is 0 Å². The van der Waals surface area contributed by atoms with Crippen molar-refractivity contribution in [3.8, 4) is 0 Å². The Balaban J connectivity index is 2.24. The molecule has 1 rings (SSSR count). The Hall–Kier alpha value is -1.24. The van der Waals surface area contributed by atoms with Crippen molar-refractivity contribution in [2.45, 2.75) is 6.10 Å². The molecule has 0 aliphatic carbocycles. The third-order valence-corrected chi connectivity index (χ3v) is 2.20. The molecule has 18 heavy (non-hydrogen) atoms. The van der Waals surface area contributed by atoms with Crippen LogP contribution in [0, 0.1) is 11.6 Å². The first kappa shape index (κ1) is 14.8. The van der Waals surface area contributed by atoms with E-state index in [1.165, 1.54) is 6.07 Å². The van der Waals surface area contributed by atoms with Crippen molar-refractivity contribution in [3.63, 3.8) is 0 Å². The fourth-order valence-corrected chi connectivity index (χ4v) is 1.26. The molecule has 0 radical (unpaired) electrons. The monoisotopic (exact) mass is 261 g/mol. The van der Waals surface area contributed by atoms with Crippen LogP contribution >= 0.6 is 0 Å². The summed E-state index contributed by atoms with van der Waals surface area (Å²) in [6.45, 7) is 1.21. The number of halogens is 2. The Kier molecular flexibility index (Phi) is 6.56. The number of nitrogens with one attached hydrogen (secondary N) is 1. The number of anilines is 1. The van der Waals surface area contributed by atoms with Crippen LogP contribution < -0.4 is 5.32 Å². The molecule has 1 unspecified atom stereocenters. The van der Waals surface area contributed by atoms with Crippen LogP contribution in [0.1, 0.15) is 0 Å². The fourth-order valence-electron chi connectivity index (χ4n) is 1.26. The van der Waals surface area contributed by atoms with Crippen LogP contribution in [0.25, 0.3) is 0 Å². The summed E-state index contributed by atoms with van der Waals surface area (Å²) in [4.78, 5) is 0. The number of aliphatic hydroxyl groups is 1. The predicted octanol–water partition coefficient (Wildman–Crippen LogP) is 1.40. The Labute approximate surface area is 105 Å². The van der Waals surface area contributed by atoms with E-state index < -0.39 is 17.7 Å².